The quantitative estimate of drug-likeness (QED) is 0.0407. The number of nitrogens with zero attached hydrogens (tertiary/aromatic N) is 3. The number of aromatic nitrogens is 3. The summed E-state index contributed by atoms with van der Waals surface area (Å²) in [5, 5.41) is 18.0. The van der Waals surface area contributed by atoms with Gasteiger partial charge in [0.1, 0.15) is 71.3 Å². The minimum atomic E-state index is -0.895. The van der Waals surface area contributed by atoms with Crippen LogP contribution < -0.4 is 55.7 Å². The van der Waals surface area contributed by atoms with E-state index < -0.39 is 24.3 Å². The number of furan rings is 3. The van der Waals surface area contributed by atoms with E-state index in [2.05, 4.69) is 43.0 Å². The van der Waals surface area contributed by atoms with Gasteiger partial charge in [0.2, 0.25) is 0 Å². The van der Waals surface area contributed by atoms with Crippen LogP contribution in [0.5, 0.6) is 17.2 Å². The van der Waals surface area contributed by atoms with Crippen molar-refractivity contribution in [2.75, 3.05) is 30.4 Å². The molecular weight excluding hydrogens is 1480 g/mol. The molecule has 1 fully saturated rings. The summed E-state index contributed by atoms with van der Waals surface area (Å²) in [4.78, 5) is 47.5. The van der Waals surface area contributed by atoms with Crippen LogP contribution in [0.1, 0.15) is 74.9 Å². The first-order valence-electron chi connectivity index (χ1n) is 35.8. The molecule has 21 nitrogen and oxygen atoms in total. The van der Waals surface area contributed by atoms with Gasteiger partial charge in [-0.25, -0.2) is 15.0 Å². The number of carbonyl (C=O) groups excluding carboxylic acids is 2. The number of halogens is 1. The summed E-state index contributed by atoms with van der Waals surface area (Å²) in [6.45, 7) is 13.4. The minimum absolute atomic E-state index is 0. The van der Waals surface area contributed by atoms with Crippen molar-refractivity contribution in [3.63, 3.8) is 0 Å². The van der Waals surface area contributed by atoms with E-state index >= 15 is 0 Å². The minimum Gasteiger partial charge on any atom is -0.870 e. The van der Waals surface area contributed by atoms with Gasteiger partial charge < -0.3 is 74.0 Å². The number of nitrogens with two attached hydrogens (primary N) is 3. The third kappa shape index (κ3) is 19.1. The zero-order chi connectivity index (χ0) is 77.1. The van der Waals surface area contributed by atoms with E-state index in [0.717, 1.165) is 125 Å². The first-order valence-corrected chi connectivity index (χ1v) is 36.6. The maximum absolute atomic E-state index is 12.0. The van der Waals surface area contributed by atoms with Gasteiger partial charge in [-0.1, -0.05) is 107 Å². The number of hydrogen-bond donors (Lipinski definition) is 4. The van der Waals surface area contributed by atoms with Crippen molar-refractivity contribution < 1.29 is 90.1 Å². The van der Waals surface area contributed by atoms with Gasteiger partial charge in [-0.3, -0.25) is 14.4 Å². The van der Waals surface area contributed by atoms with Gasteiger partial charge in [0.25, 0.3) is 0 Å². The topological polar surface area (TPSA) is 322 Å². The second kappa shape index (κ2) is 36.3. The van der Waals surface area contributed by atoms with Crippen molar-refractivity contribution in [1.82, 2.24) is 15.0 Å². The molecule has 1 aliphatic rings. The number of ether oxygens (including phenoxy) is 5. The molecule has 0 radical (unpaired) electrons. The summed E-state index contributed by atoms with van der Waals surface area (Å²) in [7, 11) is -0.537. The summed E-state index contributed by atoms with van der Waals surface area (Å²) in [5.74, 6) is 1.99. The van der Waals surface area contributed by atoms with E-state index in [1.807, 2.05) is 198 Å². The third-order valence-electron chi connectivity index (χ3n) is 19.1. The molecular formula is C88H81BBrLiN6O15. The fraction of sp³-hybridized carbons (Fsp3) is 0.182. The normalized spacial score (nSPS) is 12.5. The Bertz CT molecular complexity index is 5850. The Labute approximate surface area is 667 Å². The molecule has 0 saturated carbocycles. The molecule has 0 bridgehead atoms. The van der Waals surface area contributed by atoms with Crippen LogP contribution in [0.3, 0.4) is 0 Å². The van der Waals surface area contributed by atoms with Crippen LogP contribution >= 0.6 is 15.9 Å². The Hall–Kier alpha value is -11.9. The molecule has 6 aromatic heterocycles. The van der Waals surface area contributed by atoms with Crippen LogP contribution in [-0.4, -0.2) is 75.0 Å². The van der Waals surface area contributed by atoms with Gasteiger partial charge >= 0.3 is 43.9 Å². The number of anilines is 3. The average molecular weight is 1560 g/mol. The third-order valence-corrected chi connectivity index (χ3v) is 19.6. The molecule has 8 N–H and O–H groups in total. The van der Waals surface area contributed by atoms with E-state index in [0.29, 0.717) is 73.3 Å². The number of aliphatic carboxylic acids is 1. The van der Waals surface area contributed by atoms with Crippen molar-refractivity contribution in [2.45, 2.75) is 91.8 Å². The number of para-hydroxylation sites is 3. The van der Waals surface area contributed by atoms with Gasteiger partial charge in [0.15, 0.2) is 0 Å². The van der Waals surface area contributed by atoms with Crippen LogP contribution in [0.4, 0.5) is 17.5 Å². The monoisotopic (exact) mass is 1560 g/mol. The zero-order valence-corrected chi connectivity index (χ0v) is 64.5. The average Bonchev–Trinajstić information content (AvgIpc) is 1.59. The second-order valence-electron chi connectivity index (χ2n) is 27.1. The van der Waals surface area contributed by atoms with E-state index in [9.17, 15) is 14.4 Å². The summed E-state index contributed by atoms with van der Waals surface area (Å²) >= 11 is 3.38. The number of carboxylic acid groups (broad SMARTS) is 1. The van der Waals surface area contributed by atoms with Gasteiger partial charge in [-0.15, -0.1) is 0 Å². The molecule has 7 heterocycles. The Morgan fingerprint density at radius 3 is 1.22 bits per heavy atom. The fourth-order valence-electron chi connectivity index (χ4n) is 12.9. The Morgan fingerprint density at radius 1 is 0.446 bits per heavy atom. The summed E-state index contributed by atoms with van der Waals surface area (Å²) in [6, 6.07) is 64.1. The van der Waals surface area contributed by atoms with Crippen LogP contribution in [0.15, 0.2) is 255 Å². The van der Waals surface area contributed by atoms with Crippen LogP contribution in [0.2, 0.25) is 0 Å². The van der Waals surface area contributed by atoms with Crippen LogP contribution in [-0.2, 0) is 72.2 Å². The molecule has 0 spiro atoms. The molecule has 16 rings (SSSR count). The molecule has 9 aromatic carbocycles. The molecule has 0 unspecified atom stereocenters. The van der Waals surface area contributed by atoms with E-state index in [-0.39, 0.29) is 55.5 Å². The Balaban J connectivity index is 0.000000153. The van der Waals surface area contributed by atoms with Crippen molar-refractivity contribution >= 4 is 129 Å². The summed E-state index contributed by atoms with van der Waals surface area (Å²) in [5.41, 5.74) is 29.1. The van der Waals surface area contributed by atoms with Gasteiger partial charge in [0, 0.05) is 88.7 Å². The van der Waals surface area contributed by atoms with E-state index in [4.69, 9.17) is 68.6 Å². The standard InChI is InChI=1S/C28H24N2O4.C26H20N2O4.C25H29BO6.C9H7BrN2.Li.H2O/c1-2-32-26(31)16-21-5-3-4-6-25(21)34-17-18-13-22-10-12-33-27(22)23(14-18)20-8-7-19-9-11-30-28(29)24(19)15-20;27-26-22-13-18(6-5-17(22)7-9-28-26)21-12-16(11-20-8-10-31-25(20)21)15-32-23-4-2-1-3-19(23)14-24(29)30;1-6-28-22(27)15-18-9-7-8-10-21(18)30-16-17-13-19-11-12-29-23(19)20(14-17)26-31-24(2,3)25(4,5)32-26;10-7-2-1-6-3-4-12-9(11)8(6)5-7;;/h3-15H,2,16-17H2,1H3,(H2,29,30);1-13H,14-15H2,(H2,27,28)(H,29,30);7-14H,6,15-16H2,1-5H3;1-5H,(H2,11,12);;1H2/q;;;;+1;/p-1. The van der Waals surface area contributed by atoms with Gasteiger partial charge in [0.05, 0.1) is 62.5 Å². The number of esters is 2. The molecule has 112 heavy (non-hydrogen) atoms. The maximum Gasteiger partial charge on any atom is 1.00 e. The Morgan fingerprint density at radius 2 is 0.812 bits per heavy atom. The zero-order valence-electron chi connectivity index (χ0n) is 62.9. The number of fused-ring (bicyclic) bond motifs is 6. The molecule has 15 aromatic rings. The second-order valence-corrected chi connectivity index (χ2v) is 28.0. The number of carboxylic acids is 1. The van der Waals surface area contributed by atoms with Crippen molar-refractivity contribution in [3.05, 3.63) is 275 Å². The molecule has 0 amide bonds. The largest absolute Gasteiger partial charge is 1.00 e. The molecule has 1 aliphatic heterocycles. The van der Waals surface area contributed by atoms with Gasteiger partial charge in [-0.2, -0.15) is 0 Å². The van der Waals surface area contributed by atoms with Crippen LogP contribution in [0.25, 0.3) is 87.5 Å². The maximum atomic E-state index is 12.0. The number of nitrogen functional groups attached to an aromatic ring is 3. The smallest absolute Gasteiger partial charge is 0.870 e. The number of benzene rings is 9. The molecule has 24 heteroatoms. The molecule has 0 aliphatic carbocycles. The fourth-order valence-corrected chi connectivity index (χ4v) is 13.3. The first kappa shape index (κ1) is 81.1. The number of carbonyl (C=O) groups is 3. The number of pyridine rings is 3. The SMILES string of the molecule is CCOC(=O)Cc1ccccc1OCc1cc(-c2ccc3ccnc(N)c3c2)c2occc2c1.CCOC(=O)Cc1ccccc1OCc1cc(B2OC(C)(C)C(C)(C)O2)c2occc2c1.Nc1nccc2ccc(-c3cc(COc4ccccc4CC(=O)O)cc4ccoc34)cc12.Nc1nccc2ccc(Br)cc12.[Li+].[OH-]. The number of rotatable bonds is 20. The van der Waals surface area contributed by atoms with Crippen molar-refractivity contribution in [2.24, 2.45) is 0 Å². The van der Waals surface area contributed by atoms with E-state index in [1.54, 1.807) is 69.4 Å². The predicted octanol–water partition coefficient (Wildman–Crippen LogP) is 15.2. The van der Waals surface area contributed by atoms with Crippen molar-refractivity contribution in [1.29, 1.82) is 0 Å². The van der Waals surface area contributed by atoms with Gasteiger partial charge in [-0.05, 0) is 195 Å². The molecule has 0 atom stereocenters. The number of hydrogen-bond acceptors (Lipinski definition) is 20. The summed E-state index contributed by atoms with van der Waals surface area (Å²) in [6.07, 6.45) is 10.4. The van der Waals surface area contributed by atoms with Crippen LogP contribution in [0, 0.1) is 0 Å². The van der Waals surface area contributed by atoms with E-state index in [1.165, 1.54) is 0 Å². The first-order chi connectivity index (χ1) is 53.2. The molecule has 1 saturated heterocycles. The summed E-state index contributed by atoms with van der Waals surface area (Å²) < 4.78 is 59.3. The predicted molar refractivity (Wildman–Crippen MR) is 435 cm³/mol. The Kier molecular flexibility index (Phi) is 26.3. The van der Waals surface area contributed by atoms with Crippen molar-refractivity contribution in [3.8, 4) is 39.5 Å². The molecule has 564 valence electrons.